The Hall–Kier alpha value is -1.35. The number of amidine groups is 1. The molecule has 1 aromatic carbocycles. The number of piperidine rings is 1. The van der Waals surface area contributed by atoms with Gasteiger partial charge in [0.2, 0.25) is 0 Å². The minimum atomic E-state index is -0.0762. The molecule has 3 heteroatoms. The van der Waals surface area contributed by atoms with Crippen LogP contribution in [0.4, 0.5) is 0 Å². The second-order valence-electron chi connectivity index (χ2n) is 5.24. The standard InChI is InChI=1S/C14H21N3/c1-14(13(15)16)7-9-17(10-8-14)11-12-5-3-2-4-6-12/h2-6H,7-11H2,1H3,(H3,15,16). The predicted octanol–water partition coefficient (Wildman–Crippen LogP) is 2.22. The van der Waals surface area contributed by atoms with E-state index in [4.69, 9.17) is 11.1 Å². The van der Waals surface area contributed by atoms with Crippen molar-refractivity contribution >= 4 is 5.84 Å². The van der Waals surface area contributed by atoms with Crippen LogP contribution in [-0.2, 0) is 6.54 Å². The molecule has 2 rings (SSSR count). The highest BCUT2D eigenvalue weighted by atomic mass is 15.1. The number of hydrogen-bond donors (Lipinski definition) is 2. The summed E-state index contributed by atoms with van der Waals surface area (Å²) in [7, 11) is 0. The summed E-state index contributed by atoms with van der Waals surface area (Å²) in [6.45, 7) is 5.18. The molecular formula is C14H21N3. The molecule has 0 saturated carbocycles. The van der Waals surface area contributed by atoms with E-state index in [1.807, 2.05) is 6.07 Å². The zero-order valence-corrected chi connectivity index (χ0v) is 10.4. The summed E-state index contributed by atoms with van der Waals surface area (Å²) in [5, 5.41) is 7.63. The molecule has 1 saturated heterocycles. The first kappa shape index (κ1) is 12.1. The van der Waals surface area contributed by atoms with Crippen LogP contribution >= 0.6 is 0 Å². The van der Waals surface area contributed by atoms with E-state index >= 15 is 0 Å². The number of hydrogen-bond acceptors (Lipinski definition) is 2. The molecular weight excluding hydrogens is 210 g/mol. The molecule has 1 aliphatic rings. The van der Waals surface area contributed by atoms with Gasteiger partial charge in [0.25, 0.3) is 0 Å². The van der Waals surface area contributed by atoms with E-state index in [-0.39, 0.29) is 5.41 Å². The molecule has 17 heavy (non-hydrogen) atoms. The maximum absolute atomic E-state index is 7.63. The molecule has 0 atom stereocenters. The Bertz CT molecular complexity index is 378. The average molecular weight is 231 g/mol. The molecule has 1 heterocycles. The van der Waals surface area contributed by atoms with Crippen molar-refractivity contribution in [3.63, 3.8) is 0 Å². The van der Waals surface area contributed by atoms with Crippen molar-refractivity contribution < 1.29 is 0 Å². The van der Waals surface area contributed by atoms with E-state index in [0.717, 1.165) is 32.5 Å². The van der Waals surface area contributed by atoms with Gasteiger partial charge in [-0.3, -0.25) is 10.3 Å². The number of nitrogens with zero attached hydrogens (tertiary/aromatic N) is 1. The van der Waals surface area contributed by atoms with Crippen LogP contribution in [-0.4, -0.2) is 23.8 Å². The highest BCUT2D eigenvalue weighted by molar-refractivity contribution is 5.83. The van der Waals surface area contributed by atoms with E-state index in [1.54, 1.807) is 0 Å². The Morgan fingerprint density at radius 1 is 1.29 bits per heavy atom. The normalized spacial score (nSPS) is 20.1. The van der Waals surface area contributed by atoms with Crippen molar-refractivity contribution in [2.75, 3.05) is 13.1 Å². The van der Waals surface area contributed by atoms with Gasteiger partial charge in [-0.2, -0.15) is 0 Å². The summed E-state index contributed by atoms with van der Waals surface area (Å²) >= 11 is 0. The maximum Gasteiger partial charge on any atom is 0.0966 e. The predicted molar refractivity (Wildman–Crippen MR) is 71.0 cm³/mol. The van der Waals surface area contributed by atoms with Crippen molar-refractivity contribution in [2.24, 2.45) is 11.1 Å². The summed E-state index contributed by atoms with van der Waals surface area (Å²) in [4.78, 5) is 2.44. The number of nitrogens with two attached hydrogens (primary N) is 1. The SMILES string of the molecule is CC1(C(=N)N)CCN(Cc2ccccc2)CC1. The largest absolute Gasteiger partial charge is 0.387 e. The smallest absolute Gasteiger partial charge is 0.0966 e. The van der Waals surface area contributed by atoms with Crippen LogP contribution < -0.4 is 5.73 Å². The Morgan fingerprint density at radius 2 is 1.88 bits per heavy atom. The van der Waals surface area contributed by atoms with Crippen molar-refractivity contribution in [1.29, 1.82) is 5.41 Å². The average Bonchev–Trinajstić information content (AvgIpc) is 2.33. The Morgan fingerprint density at radius 3 is 2.41 bits per heavy atom. The van der Waals surface area contributed by atoms with Gasteiger partial charge in [0.05, 0.1) is 5.84 Å². The van der Waals surface area contributed by atoms with E-state index < -0.39 is 0 Å². The third-order valence-electron chi connectivity index (χ3n) is 3.86. The van der Waals surface area contributed by atoms with Crippen molar-refractivity contribution in [3.8, 4) is 0 Å². The lowest BCUT2D eigenvalue weighted by Gasteiger charge is -2.38. The summed E-state index contributed by atoms with van der Waals surface area (Å²) in [5.41, 5.74) is 6.95. The molecule has 0 aromatic heterocycles. The molecule has 0 spiro atoms. The molecule has 0 amide bonds. The van der Waals surface area contributed by atoms with Gasteiger partial charge in [-0.25, -0.2) is 0 Å². The number of likely N-dealkylation sites (tertiary alicyclic amines) is 1. The molecule has 0 aliphatic carbocycles. The fourth-order valence-electron chi connectivity index (χ4n) is 2.32. The lowest BCUT2D eigenvalue weighted by atomic mass is 9.79. The highest BCUT2D eigenvalue weighted by Gasteiger charge is 2.32. The van der Waals surface area contributed by atoms with Gasteiger partial charge in [-0.1, -0.05) is 37.3 Å². The van der Waals surface area contributed by atoms with Crippen LogP contribution in [0.25, 0.3) is 0 Å². The monoisotopic (exact) mass is 231 g/mol. The van der Waals surface area contributed by atoms with E-state index in [1.165, 1.54) is 5.56 Å². The fraction of sp³-hybridized carbons (Fsp3) is 0.500. The van der Waals surface area contributed by atoms with Crippen molar-refractivity contribution in [2.45, 2.75) is 26.3 Å². The first-order valence-electron chi connectivity index (χ1n) is 6.21. The van der Waals surface area contributed by atoms with Crippen molar-refractivity contribution in [3.05, 3.63) is 35.9 Å². The first-order chi connectivity index (χ1) is 8.10. The molecule has 92 valence electrons. The number of rotatable bonds is 3. The minimum Gasteiger partial charge on any atom is -0.387 e. The maximum atomic E-state index is 7.63. The van der Waals surface area contributed by atoms with Gasteiger partial charge < -0.3 is 5.73 Å². The highest BCUT2D eigenvalue weighted by Crippen LogP contribution is 2.30. The topological polar surface area (TPSA) is 53.1 Å². The van der Waals surface area contributed by atoms with Gasteiger partial charge in [0.1, 0.15) is 0 Å². The van der Waals surface area contributed by atoms with Crippen LogP contribution in [0, 0.1) is 10.8 Å². The second kappa shape index (κ2) is 4.88. The van der Waals surface area contributed by atoms with Gasteiger partial charge in [0.15, 0.2) is 0 Å². The third-order valence-corrected chi connectivity index (χ3v) is 3.86. The molecule has 3 nitrogen and oxygen atoms in total. The summed E-state index contributed by atoms with van der Waals surface area (Å²) < 4.78 is 0. The Labute approximate surface area is 103 Å². The van der Waals surface area contributed by atoms with Crippen LogP contribution in [0.3, 0.4) is 0 Å². The van der Waals surface area contributed by atoms with Gasteiger partial charge in [-0.05, 0) is 31.5 Å². The van der Waals surface area contributed by atoms with Crippen molar-refractivity contribution in [1.82, 2.24) is 4.90 Å². The quantitative estimate of drug-likeness (QED) is 0.619. The van der Waals surface area contributed by atoms with E-state index in [9.17, 15) is 0 Å². The molecule has 0 radical (unpaired) electrons. The van der Waals surface area contributed by atoms with E-state index in [2.05, 4.69) is 36.1 Å². The minimum absolute atomic E-state index is 0.0762. The summed E-state index contributed by atoms with van der Waals surface area (Å²) in [6, 6.07) is 10.5. The molecule has 0 bridgehead atoms. The van der Waals surface area contributed by atoms with Gasteiger partial charge >= 0.3 is 0 Å². The fourth-order valence-corrected chi connectivity index (χ4v) is 2.32. The van der Waals surface area contributed by atoms with Crippen LogP contribution in [0.2, 0.25) is 0 Å². The number of benzene rings is 1. The van der Waals surface area contributed by atoms with Crippen LogP contribution in [0.1, 0.15) is 25.3 Å². The number of nitrogens with one attached hydrogen (secondary N) is 1. The summed E-state index contributed by atoms with van der Waals surface area (Å²) in [5.74, 6) is 0.344. The Kier molecular flexibility index (Phi) is 3.48. The second-order valence-corrected chi connectivity index (χ2v) is 5.24. The molecule has 1 aliphatic heterocycles. The first-order valence-corrected chi connectivity index (χ1v) is 6.21. The molecule has 1 aromatic rings. The van der Waals surface area contributed by atoms with Crippen LogP contribution in [0.15, 0.2) is 30.3 Å². The molecule has 0 unspecified atom stereocenters. The zero-order chi connectivity index (χ0) is 12.3. The lowest BCUT2D eigenvalue weighted by molar-refractivity contribution is 0.156. The lowest BCUT2D eigenvalue weighted by Crippen LogP contribution is -2.44. The van der Waals surface area contributed by atoms with Crippen LogP contribution in [0.5, 0.6) is 0 Å². The van der Waals surface area contributed by atoms with E-state index in [0.29, 0.717) is 5.84 Å². The third kappa shape index (κ3) is 2.86. The molecule has 3 N–H and O–H groups in total. The molecule has 1 fully saturated rings. The Balaban J connectivity index is 1.90. The zero-order valence-electron chi connectivity index (χ0n) is 10.4. The van der Waals surface area contributed by atoms with Gasteiger partial charge in [-0.15, -0.1) is 0 Å². The summed E-state index contributed by atoms with van der Waals surface area (Å²) in [6.07, 6.45) is 1.99. The van der Waals surface area contributed by atoms with Gasteiger partial charge in [0, 0.05) is 12.0 Å².